The lowest BCUT2D eigenvalue weighted by Crippen LogP contribution is -2.46. The molecule has 0 amide bonds. The van der Waals surface area contributed by atoms with Crippen molar-refractivity contribution in [2.45, 2.75) is 13.5 Å². The molecular weight excluding hydrogens is 401 g/mol. The Bertz CT molecular complexity index is 927. The largest absolute Gasteiger partial charge is 0.381 e. The van der Waals surface area contributed by atoms with Crippen LogP contribution in [0, 0.1) is 6.92 Å². The van der Waals surface area contributed by atoms with Crippen LogP contribution in [-0.2, 0) is 6.54 Å². The summed E-state index contributed by atoms with van der Waals surface area (Å²) < 4.78 is 0. The van der Waals surface area contributed by atoms with Crippen molar-refractivity contribution < 1.29 is 0 Å². The quantitative estimate of drug-likeness (QED) is 0.521. The van der Waals surface area contributed by atoms with Crippen molar-refractivity contribution >= 4 is 40.3 Å². The van der Waals surface area contributed by atoms with E-state index in [-0.39, 0.29) is 0 Å². The summed E-state index contributed by atoms with van der Waals surface area (Å²) in [6.45, 7) is 6.96. The van der Waals surface area contributed by atoms with Gasteiger partial charge in [0.1, 0.15) is 0 Å². The average molecular weight is 426 g/mol. The van der Waals surface area contributed by atoms with Crippen molar-refractivity contribution in [1.29, 1.82) is 0 Å². The summed E-state index contributed by atoms with van der Waals surface area (Å²) in [7, 11) is 0. The first kappa shape index (κ1) is 19.9. The van der Waals surface area contributed by atoms with Crippen molar-refractivity contribution in [3.8, 4) is 0 Å². The molecule has 150 valence electrons. The molecule has 5 heteroatoms. The molecule has 29 heavy (non-hydrogen) atoms. The number of aryl methyl sites for hydroxylation is 1. The Hall–Kier alpha value is -2.36. The highest BCUT2D eigenvalue weighted by atomic mass is 35.5. The number of halogens is 2. The van der Waals surface area contributed by atoms with Gasteiger partial charge in [-0.25, -0.2) is 0 Å². The maximum absolute atomic E-state index is 6.07. The van der Waals surface area contributed by atoms with E-state index in [2.05, 4.69) is 70.6 Å². The first-order valence-electron chi connectivity index (χ1n) is 9.92. The second-order valence-corrected chi connectivity index (χ2v) is 8.36. The van der Waals surface area contributed by atoms with Crippen LogP contribution in [0.5, 0.6) is 0 Å². The fourth-order valence-electron chi connectivity index (χ4n) is 3.69. The van der Waals surface area contributed by atoms with Gasteiger partial charge in [0.25, 0.3) is 0 Å². The van der Waals surface area contributed by atoms with E-state index in [0.29, 0.717) is 16.6 Å². The first-order valence-corrected chi connectivity index (χ1v) is 10.7. The monoisotopic (exact) mass is 425 g/mol. The van der Waals surface area contributed by atoms with Crippen molar-refractivity contribution in [3.05, 3.63) is 87.9 Å². The van der Waals surface area contributed by atoms with Gasteiger partial charge in [-0.1, -0.05) is 40.9 Å². The van der Waals surface area contributed by atoms with Gasteiger partial charge in [-0.3, -0.25) is 0 Å². The van der Waals surface area contributed by atoms with Gasteiger partial charge in [-0.05, 0) is 67.1 Å². The fourth-order valence-corrected chi connectivity index (χ4v) is 4.26. The molecule has 3 aromatic rings. The Morgan fingerprint density at radius 3 is 1.72 bits per heavy atom. The smallest absolute Gasteiger partial charge is 0.0424 e. The van der Waals surface area contributed by atoms with Gasteiger partial charge < -0.3 is 15.1 Å². The van der Waals surface area contributed by atoms with Gasteiger partial charge in [-0.15, -0.1) is 0 Å². The lowest BCUT2D eigenvalue weighted by atomic mass is 10.2. The third kappa shape index (κ3) is 5.17. The minimum atomic E-state index is 0.662. The van der Waals surface area contributed by atoms with E-state index < -0.39 is 0 Å². The molecule has 0 spiro atoms. The number of hydrogen-bond donors (Lipinski definition) is 1. The highest BCUT2D eigenvalue weighted by Crippen LogP contribution is 2.24. The van der Waals surface area contributed by atoms with E-state index >= 15 is 0 Å². The van der Waals surface area contributed by atoms with Crippen molar-refractivity contribution in [2.24, 2.45) is 0 Å². The molecule has 1 aliphatic rings. The van der Waals surface area contributed by atoms with Gasteiger partial charge in [0, 0.05) is 59.8 Å². The SMILES string of the molecule is Cc1ccc(N2CCN(c3ccc(NCc4cc(Cl)cc(Cl)c4)cc3)CC2)cc1. The minimum absolute atomic E-state index is 0.662. The minimum Gasteiger partial charge on any atom is -0.381 e. The molecule has 1 fully saturated rings. The van der Waals surface area contributed by atoms with E-state index in [1.807, 2.05) is 12.1 Å². The second kappa shape index (κ2) is 8.98. The van der Waals surface area contributed by atoms with Crippen molar-refractivity contribution in [3.63, 3.8) is 0 Å². The van der Waals surface area contributed by atoms with Crippen LogP contribution in [0.3, 0.4) is 0 Å². The van der Waals surface area contributed by atoms with Crippen LogP contribution < -0.4 is 15.1 Å². The molecule has 3 aromatic carbocycles. The number of piperazine rings is 1. The lowest BCUT2D eigenvalue weighted by molar-refractivity contribution is 0.653. The zero-order valence-electron chi connectivity index (χ0n) is 16.5. The number of benzene rings is 3. The van der Waals surface area contributed by atoms with Crippen LogP contribution >= 0.6 is 23.2 Å². The highest BCUT2D eigenvalue weighted by molar-refractivity contribution is 6.34. The lowest BCUT2D eigenvalue weighted by Gasteiger charge is -2.37. The summed E-state index contributed by atoms with van der Waals surface area (Å²) in [6, 6.07) is 23.1. The third-order valence-corrected chi connectivity index (χ3v) is 5.77. The van der Waals surface area contributed by atoms with Crippen molar-refractivity contribution in [2.75, 3.05) is 41.3 Å². The molecule has 0 unspecified atom stereocenters. The molecule has 1 N–H and O–H groups in total. The number of rotatable bonds is 5. The second-order valence-electron chi connectivity index (χ2n) is 7.49. The molecule has 0 aromatic heterocycles. The summed E-state index contributed by atoms with van der Waals surface area (Å²) in [6.07, 6.45) is 0. The normalized spacial score (nSPS) is 14.2. The molecule has 0 radical (unpaired) electrons. The van der Waals surface area contributed by atoms with E-state index in [4.69, 9.17) is 23.2 Å². The number of anilines is 3. The van der Waals surface area contributed by atoms with Gasteiger partial charge >= 0.3 is 0 Å². The molecule has 1 heterocycles. The maximum Gasteiger partial charge on any atom is 0.0424 e. The summed E-state index contributed by atoms with van der Waals surface area (Å²) in [4.78, 5) is 4.91. The Kier molecular flexibility index (Phi) is 6.17. The Balaban J connectivity index is 1.32. The summed E-state index contributed by atoms with van der Waals surface area (Å²) in [5.41, 5.74) is 6.04. The van der Waals surface area contributed by atoms with Crippen LogP contribution in [0.25, 0.3) is 0 Å². The third-order valence-electron chi connectivity index (χ3n) is 5.33. The van der Waals surface area contributed by atoms with Crippen LogP contribution in [0.2, 0.25) is 10.0 Å². The van der Waals surface area contributed by atoms with E-state index in [0.717, 1.165) is 37.4 Å². The van der Waals surface area contributed by atoms with Gasteiger partial charge in [0.05, 0.1) is 0 Å². The molecule has 0 atom stereocenters. The zero-order chi connectivity index (χ0) is 20.2. The van der Waals surface area contributed by atoms with Crippen LogP contribution in [0.15, 0.2) is 66.7 Å². The zero-order valence-corrected chi connectivity index (χ0v) is 18.0. The van der Waals surface area contributed by atoms with Gasteiger partial charge in [0.15, 0.2) is 0 Å². The fraction of sp³-hybridized carbons (Fsp3) is 0.250. The summed E-state index contributed by atoms with van der Waals surface area (Å²) in [5, 5.41) is 4.76. The molecule has 0 saturated carbocycles. The molecule has 1 aliphatic heterocycles. The number of nitrogens with zero attached hydrogens (tertiary/aromatic N) is 2. The predicted octanol–water partition coefficient (Wildman–Crippen LogP) is 6.24. The topological polar surface area (TPSA) is 18.5 Å². The number of hydrogen-bond acceptors (Lipinski definition) is 3. The standard InChI is InChI=1S/C24H25Cl2N3/c1-18-2-6-23(7-3-18)28-10-12-29(13-11-28)24-8-4-22(5-9-24)27-17-19-14-20(25)16-21(26)15-19/h2-9,14-16,27H,10-13,17H2,1H3. The molecule has 3 nitrogen and oxygen atoms in total. The molecule has 4 rings (SSSR count). The highest BCUT2D eigenvalue weighted by Gasteiger charge is 2.17. The van der Waals surface area contributed by atoms with Gasteiger partial charge in [-0.2, -0.15) is 0 Å². The van der Waals surface area contributed by atoms with Crippen molar-refractivity contribution in [1.82, 2.24) is 0 Å². The average Bonchev–Trinajstić information content (AvgIpc) is 2.73. The molecule has 0 aliphatic carbocycles. The van der Waals surface area contributed by atoms with Gasteiger partial charge in [0.2, 0.25) is 0 Å². The van der Waals surface area contributed by atoms with E-state index in [1.165, 1.54) is 16.9 Å². The summed E-state index contributed by atoms with van der Waals surface area (Å²) >= 11 is 12.1. The molecular formula is C24H25Cl2N3. The van der Waals surface area contributed by atoms with Crippen LogP contribution in [0.1, 0.15) is 11.1 Å². The Morgan fingerprint density at radius 2 is 1.21 bits per heavy atom. The van der Waals surface area contributed by atoms with E-state index in [1.54, 1.807) is 6.07 Å². The van der Waals surface area contributed by atoms with E-state index in [9.17, 15) is 0 Å². The molecule has 0 bridgehead atoms. The molecule has 1 saturated heterocycles. The number of nitrogens with one attached hydrogen (secondary N) is 1. The predicted molar refractivity (Wildman–Crippen MR) is 126 cm³/mol. The maximum atomic E-state index is 6.07. The Labute approximate surface area is 182 Å². The Morgan fingerprint density at radius 1 is 0.724 bits per heavy atom. The van der Waals surface area contributed by atoms with Crippen LogP contribution in [0.4, 0.5) is 17.1 Å². The van der Waals surface area contributed by atoms with Crippen LogP contribution in [-0.4, -0.2) is 26.2 Å². The first-order chi connectivity index (χ1) is 14.1. The summed E-state index contributed by atoms with van der Waals surface area (Å²) in [5.74, 6) is 0.